The van der Waals surface area contributed by atoms with E-state index in [4.69, 9.17) is 16.6 Å². The van der Waals surface area contributed by atoms with E-state index in [0.717, 1.165) is 11.4 Å². The topological polar surface area (TPSA) is 150 Å². The fraction of sp³-hybridized carbons (Fsp3) is 0.188. The fourth-order valence-electron chi connectivity index (χ4n) is 2.39. The first-order valence-corrected chi connectivity index (χ1v) is 27.0. The number of rotatable bonds is 2. The van der Waals surface area contributed by atoms with E-state index in [2.05, 4.69) is 94.6 Å². The Morgan fingerprint density at radius 3 is 1.90 bits per heavy atom. The van der Waals surface area contributed by atoms with Crippen molar-refractivity contribution in [3.05, 3.63) is 47.0 Å². The summed E-state index contributed by atoms with van der Waals surface area (Å²) < 4.78 is 2.99. The van der Waals surface area contributed by atoms with Crippen molar-refractivity contribution < 1.29 is 23.2 Å². The number of carbonyl (C=O) groups excluding carboxylic acids is 1. The molecule has 4 aromatic rings. The second-order valence-electron chi connectivity index (χ2n) is 5.71. The molecule has 0 aliphatic heterocycles. The van der Waals surface area contributed by atoms with E-state index in [9.17, 15) is 4.79 Å². The zero-order valence-corrected chi connectivity index (χ0v) is 27.0. The van der Waals surface area contributed by atoms with Crippen molar-refractivity contribution >= 4 is 104 Å². The number of nitrogen functional groups attached to an aromatic ring is 2. The third-order valence-corrected chi connectivity index (χ3v) is 3.69. The molecule has 0 saturated carbocycles. The first kappa shape index (κ1) is 29.2. The van der Waals surface area contributed by atoms with Crippen LogP contribution in [-0.4, -0.2) is 40.6 Å². The predicted octanol–water partition coefficient (Wildman–Crippen LogP) is 1.09. The number of aldehydes is 1. The maximum absolute atomic E-state index is 10.5. The van der Waals surface area contributed by atoms with Gasteiger partial charge >= 0.3 is 50.5 Å². The number of halogens is 5. The summed E-state index contributed by atoms with van der Waals surface area (Å²) in [5.74, 6) is 0.772. The number of nitrogens with zero attached hydrogens (tertiary/aromatic N) is 6. The van der Waals surface area contributed by atoms with Crippen molar-refractivity contribution in [1.82, 2.24) is 29.2 Å². The van der Waals surface area contributed by atoms with Crippen molar-refractivity contribution in [2.45, 2.75) is 20.5 Å². The molecule has 31 heavy (non-hydrogen) atoms. The molecule has 5 N–H and O–H groups in total. The van der Waals surface area contributed by atoms with Crippen LogP contribution in [0.2, 0.25) is 0 Å². The van der Waals surface area contributed by atoms with Gasteiger partial charge < -0.3 is 16.6 Å². The summed E-state index contributed by atoms with van der Waals surface area (Å²) in [5.41, 5.74) is 15.4. The van der Waals surface area contributed by atoms with Crippen LogP contribution in [0.3, 0.4) is 0 Å². The van der Waals surface area contributed by atoms with Gasteiger partial charge in [0, 0.05) is 67.3 Å². The Labute approximate surface area is 231 Å². The van der Waals surface area contributed by atoms with E-state index in [1.807, 2.05) is 19.9 Å². The van der Waals surface area contributed by atoms with Crippen molar-refractivity contribution in [1.29, 1.82) is 0 Å². The van der Waals surface area contributed by atoms with Gasteiger partial charge in [-0.2, -0.15) is 19.2 Å². The number of aliphatic hydroxyl groups excluding tert-OH is 1. The summed E-state index contributed by atoms with van der Waals surface area (Å²) in [7, 11) is 0. The second-order valence-corrected chi connectivity index (χ2v) is 22.0. The summed E-state index contributed by atoms with van der Waals surface area (Å²) in [5, 5.41) is 17.2. The average Bonchev–Trinajstić information content (AvgIpc) is 3.34. The summed E-state index contributed by atoms with van der Waals surface area (Å²) in [4.78, 5) is 18.6. The zero-order chi connectivity index (χ0) is 23.6. The van der Waals surface area contributed by atoms with E-state index in [1.54, 1.807) is 12.3 Å². The molecule has 0 unspecified atom stereocenters. The summed E-state index contributed by atoms with van der Waals surface area (Å²) in [6, 6.07) is 3.63. The third kappa shape index (κ3) is 8.13. The minimum absolute atomic E-state index is 0.117. The maximum atomic E-state index is 10.5. The molecule has 0 fully saturated rings. The Balaban J connectivity index is 0.000000258. The van der Waals surface area contributed by atoms with Crippen molar-refractivity contribution in [3.63, 3.8) is 0 Å². The van der Waals surface area contributed by atoms with Gasteiger partial charge in [-0.05, 0) is 13.8 Å². The predicted molar refractivity (Wildman–Crippen MR) is 152 cm³/mol. The Morgan fingerprint density at radius 1 is 1.00 bits per heavy atom. The Morgan fingerprint density at radius 2 is 1.45 bits per heavy atom. The Bertz CT molecular complexity index is 1130. The molecule has 0 aliphatic rings. The second kappa shape index (κ2) is 15.1. The molecule has 0 aromatic carbocycles. The van der Waals surface area contributed by atoms with Crippen LogP contribution in [0.15, 0.2) is 24.5 Å². The van der Waals surface area contributed by atoms with Crippen LogP contribution in [0.5, 0.6) is 0 Å². The van der Waals surface area contributed by atoms with Crippen LogP contribution in [0, 0.1) is 13.8 Å². The quantitative estimate of drug-likeness (QED) is 0.200. The molecule has 0 aliphatic carbocycles. The molecule has 4 heterocycles. The van der Waals surface area contributed by atoms with Crippen LogP contribution >= 0.6 is 74.5 Å². The van der Waals surface area contributed by atoms with Gasteiger partial charge in [0.15, 0.2) is 17.6 Å². The first-order chi connectivity index (χ1) is 14.9. The number of aromatic nitrogens is 6. The van der Waals surface area contributed by atoms with Crippen LogP contribution in [0.4, 0.5) is 11.6 Å². The van der Waals surface area contributed by atoms with Gasteiger partial charge in [0.1, 0.15) is 11.6 Å². The standard InChI is InChI=1S/C8H10N4O.C8H8N4O.I3.I2/c2*1-5-2-7-10-3-6(4-13)8(9)12(7)11-5;1-3-2;1-2/h2-3,13H,4,9H2,1H3;2-4H,9H2,1H3;;/q;;-1;. The molecule has 10 nitrogen and oxygen atoms in total. The van der Waals surface area contributed by atoms with Gasteiger partial charge in [0.2, 0.25) is 0 Å². The van der Waals surface area contributed by atoms with Gasteiger partial charge in [-0.3, -0.25) is 4.79 Å². The number of aliphatic hydroxyl groups is 1. The van der Waals surface area contributed by atoms with Crippen molar-refractivity contribution in [3.8, 4) is 0 Å². The number of aryl methyl sites for hydroxylation is 2. The Hall–Kier alpha value is 0.120. The molecule has 0 saturated heterocycles. The van der Waals surface area contributed by atoms with Gasteiger partial charge in [-0.25, -0.2) is 9.97 Å². The molecule has 0 bridgehead atoms. The normalized spacial score (nSPS) is 9.90. The molecule has 4 aromatic heterocycles. The van der Waals surface area contributed by atoms with E-state index in [0.29, 0.717) is 53.6 Å². The molecule has 170 valence electrons. The average molecular weight is 989 g/mol. The minimum atomic E-state index is -0.117. The third-order valence-electron chi connectivity index (χ3n) is 3.69. The van der Waals surface area contributed by atoms with Crippen LogP contribution in [0.1, 0.15) is 27.3 Å². The van der Waals surface area contributed by atoms with Crippen LogP contribution < -0.4 is 24.7 Å². The molecular formula is C16H18I5N8O2-. The summed E-state index contributed by atoms with van der Waals surface area (Å²) in [6.07, 6.45) is 3.67. The van der Waals surface area contributed by atoms with Crippen LogP contribution in [0.25, 0.3) is 11.3 Å². The molecule has 0 spiro atoms. The zero-order valence-electron chi connectivity index (χ0n) is 16.2. The van der Waals surface area contributed by atoms with Gasteiger partial charge in [-0.1, -0.05) is 0 Å². The number of hydrogen-bond acceptors (Lipinski definition) is 8. The SMILES string of the molecule is Cc1cc2ncc(C=O)c(N)n2n1.Cc1cc2ncc(CO)c(N)n2n1.II.I[I-]I. The van der Waals surface area contributed by atoms with Gasteiger partial charge in [0.05, 0.1) is 23.6 Å². The monoisotopic (exact) mass is 989 g/mol. The van der Waals surface area contributed by atoms with E-state index >= 15 is 0 Å². The number of carbonyl (C=O) groups is 1. The molecule has 0 radical (unpaired) electrons. The van der Waals surface area contributed by atoms with E-state index in [-0.39, 0.29) is 6.61 Å². The van der Waals surface area contributed by atoms with E-state index in [1.165, 1.54) is 15.2 Å². The molecular weight excluding hydrogens is 971 g/mol. The first-order valence-electron chi connectivity index (χ1n) is 8.14. The fourth-order valence-corrected chi connectivity index (χ4v) is 2.39. The number of fused-ring (bicyclic) bond motifs is 2. The van der Waals surface area contributed by atoms with Gasteiger partial charge in [-0.15, -0.1) is 0 Å². The van der Waals surface area contributed by atoms with Crippen molar-refractivity contribution in [2.75, 3.05) is 11.5 Å². The molecule has 4 rings (SSSR count). The molecule has 0 atom stereocenters. The van der Waals surface area contributed by atoms with E-state index < -0.39 is 0 Å². The van der Waals surface area contributed by atoms with Crippen molar-refractivity contribution in [2.24, 2.45) is 0 Å². The number of nitrogens with two attached hydrogens (primary N) is 2. The summed E-state index contributed by atoms with van der Waals surface area (Å²) in [6.45, 7) is 3.59. The number of anilines is 2. The molecule has 0 amide bonds. The van der Waals surface area contributed by atoms with Crippen LogP contribution in [-0.2, 0) is 6.61 Å². The Kier molecular flexibility index (Phi) is 14.2. The molecule has 15 heteroatoms. The summed E-state index contributed by atoms with van der Waals surface area (Å²) >= 11 is 9.54. The van der Waals surface area contributed by atoms with Gasteiger partial charge in [0.25, 0.3) is 0 Å². The number of hydrogen-bond donors (Lipinski definition) is 3.